The van der Waals surface area contributed by atoms with Crippen LogP contribution in [-0.2, 0) is 6.61 Å². The fourth-order valence-corrected chi connectivity index (χ4v) is 2.52. The Bertz CT molecular complexity index is 540. The van der Waals surface area contributed by atoms with Crippen molar-refractivity contribution in [1.29, 1.82) is 0 Å². The van der Waals surface area contributed by atoms with Crippen molar-refractivity contribution in [2.75, 3.05) is 0 Å². The first-order valence-electron chi connectivity index (χ1n) is 5.41. The predicted octanol–water partition coefficient (Wildman–Crippen LogP) is 4.17. The Kier molecular flexibility index (Phi) is 4.22. The normalized spacial score (nSPS) is 12.4. The molecule has 0 unspecified atom stereocenters. The SMILES string of the molecule is C[C@@H](O)c1ccc(OCc2ccc(Cl)s2)cc1F. The Labute approximate surface area is 114 Å². The van der Waals surface area contributed by atoms with Gasteiger partial charge in [0, 0.05) is 16.5 Å². The Morgan fingerprint density at radius 2 is 2.17 bits per heavy atom. The fraction of sp³-hybridized carbons (Fsp3) is 0.231. The molecule has 1 atom stereocenters. The fourth-order valence-electron chi connectivity index (χ4n) is 1.52. The van der Waals surface area contributed by atoms with Crippen molar-refractivity contribution in [2.45, 2.75) is 19.6 Å². The lowest BCUT2D eigenvalue weighted by molar-refractivity contribution is 0.194. The van der Waals surface area contributed by atoms with E-state index in [1.54, 1.807) is 12.1 Å². The third-order valence-corrected chi connectivity index (χ3v) is 3.64. The molecule has 0 saturated carbocycles. The van der Waals surface area contributed by atoms with Crippen molar-refractivity contribution in [1.82, 2.24) is 0 Å². The second-order valence-corrected chi connectivity index (χ2v) is 5.65. The molecule has 2 rings (SSSR count). The summed E-state index contributed by atoms with van der Waals surface area (Å²) in [4.78, 5) is 0.972. The summed E-state index contributed by atoms with van der Waals surface area (Å²) in [7, 11) is 0. The van der Waals surface area contributed by atoms with E-state index >= 15 is 0 Å². The van der Waals surface area contributed by atoms with Gasteiger partial charge in [0.1, 0.15) is 18.2 Å². The molecule has 2 nitrogen and oxygen atoms in total. The van der Waals surface area contributed by atoms with Crippen LogP contribution in [0.5, 0.6) is 5.75 Å². The minimum Gasteiger partial charge on any atom is -0.488 e. The van der Waals surface area contributed by atoms with Crippen LogP contribution in [0.3, 0.4) is 0 Å². The molecule has 1 heterocycles. The van der Waals surface area contributed by atoms with Crippen LogP contribution in [0.25, 0.3) is 0 Å². The minimum absolute atomic E-state index is 0.265. The first-order valence-corrected chi connectivity index (χ1v) is 6.60. The molecule has 1 aromatic heterocycles. The Morgan fingerprint density at radius 1 is 1.39 bits per heavy atom. The molecule has 0 amide bonds. The second-order valence-electron chi connectivity index (χ2n) is 3.85. The first-order chi connectivity index (χ1) is 8.56. The number of ether oxygens (including phenoxy) is 1. The number of halogens is 2. The van der Waals surface area contributed by atoms with E-state index in [1.165, 1.54) is 30.4 Å². The molecule has 1 N–H and O–H groups in total. The second kappa shape index (κ2) is 5.69. The van der Waals surface area contributed by atoms with E-state index in [4.69, 9.17) is 16.3 Å². The maximum atomic E-state index is 13.6. The zero-order valence-corrected chi connectivity index (χ0v) is 11.3. The third-order valence-electron chi connectivity index (χ3n) is 2.43. The minimum atomic E-state index is -0.824. The molecule has 1 aromatic carbocycles. The van der Waals surface area contributed by atoms with Gasteiger partial charge in [0.25, 0.3) is 0 Å². The van der Waals surface area contributed by atoms with Crippen LogP contribution in [-0.4, -0.2) is 5.11 Å². The summed E-state index contributed by atoms with van der Waals surface area (Å²) < 4.78 is 19.7. The molecular weight excluding hydrogens is 275 g/mol. The van der Waals surface area contributed by atoms with Gasteiger partial charge in [-0.05, 0) is 31.2 Å². The lowest BCUT2D eigenvalue weighted by atomic mass is 10.1. The number of aliphatic hydroxyl groups is 1. The molecular formula is C13H12ClFO2S. The van der Waals surface area contributed by atoms with E-state index in [0.29, 0.717) is 16.7 Å². The largest absolute Gasteiger partial charge is 0.488 e. The van der Waals surface area contributed by atoms with Gasteiger partial charge in [-0.1, -0.05) is 11.6 Å². The van der Waals surface area contributed by atoms with Crippen LogP contribution >= 0.6 is 22.9 Å². The van der Waals surface area contributed by atoms with Gasteiger partial charge < -0.3 is 9.84 Å². The molecule has 18 heavy (non-hydrogen) atoms. The molecule has 2 aromatic rings. The average molecular weight is 287 g/mol. The van der Waals surface area contributed by atoms with Gasteiger partial charge in [-0.2, -0.15) is 0 Å². The highest BCUT2D eigenvalue weighted by molar-refractivity contribution is 7.16. The molecule has 0 spiro atoms. The lowest BCUT2D eigenvalue weighted by Crippen LogP contribution is -1.98. The molecule has 0 saturated heterocycles. The summed E-state index contributed by atoms with van der Waals surface area (Å²) in [5.74, 6) is -0.0341. The quantitative estimate of drug-likeness (QED) is 0.914. The van der Waals surface area contributed by atoms with E-state index in [0.717, 1.165) is 4.88 Å². The number of thiophene rings is 1. The van der Waals surface area contributed by atoms with Crippen LogP contribution in [0.2, 0.25) is 4.34 Å². The van der Waals surface area contributed by atoms with Crippen molar-refractivity contribution in [3.63, 3.8) is 0 Å². The molecule has 0 radical (unpaired) electrons. The zero-order chi connectivity index (χ0) is 13.1. The molecule has 0 aliphatic carbocycles. The number of benzene rings is 1. The summed E-state index contributed by atoms with van der Waals surface area (Å²) in [6.45, 7) is 1.87. The summed E-state index contributed by atoms with van der Waals surface area (Å²) in [6, 6.07) is 8.10. The van der Waals surface area contributed by atoms with Gasteiger partial charge in [-0.3, -0.25) is 0 Å². The van der Waals surface area contributed by atoms with E-state index in [1.807, 2.05) is 6.07 Å². The van der Waals surface area contributed by atoms with Crippen LogP contribution in [0, 0.1) is 5.82 Å². The van der Waals surface area contributed by atoms with Gasteiger partial charge in [-0.25, -0.2) is 4.39 Å². The van der Waals surface area contributed by atoms with Gasteiger partial charge in [0.2, 0.25) is 0 Å². The number of aliphatic hydroxyl groups excluding tert-OH is 1. The molecule has 96 valence electrons. The Hall–Kier alpha value is -1.10. The highest BCUT2D eigenvalue weighted by Gasteiger charge is 2.09. The molecule has 5 heteroatoms. The van der Waals surface area contributed by atoms with Gasteiger partial charge in [0.05, 0.1) is 10.4 Å². The first kappa shape index (κ1) is 13.3. The summed E-state index contributed by atoms with van der Waals surface area (Å²) in [6.07, 6.45) is -0.824. The smallest absolute Gasteiger partial charge is 0.132 e. The summed E-state index contributed by atoms with van der Waals surface area (Å²) >= 11 is 7.22. The Morgan fingerprint density at radius 3 is 2.72 bits per heavy atom. The number of hydrogen-bond donors (Lipinski definition) is 1. The Balaban J connectivity index is 2.04. The van der Waals surface area contributed by atoms with Gasteiger partial charge in [0.15, 0.2) is 0 Å². The van der Waals surface area contributed by atoms with E-state index in [-0.39, 0.29) is 5.56 Å². The molecule has 0 fully saturated rings. The number of rotatable bonds is 4. The molecule has 0 aliphatic rings. The van der Waals surface area contributed by atoms with Gasteiger partial charge in [-0.15, -0.1) is 11.3 Å². The maximum Gasteiger partial charge on any atom is 0.132 e. The lowest BCUT2D eigenvalue weighted by Gasteiger charge is -2.09. The highest BCUT2D eigenvalue weighted by atomic mass is 35.5. The third kappa shape index (κ3) is 3.22. The van der Waals surface area contributed by atoms with Crippen LogP contribution in [0.4, 0.5) is 4.39 Å². The van der Waals surface area contributed by atoms with Crippen LogP contribution in [0.1, 0.15) is 23.5 Å². The zero-order valence-electron chi connectivity index (χ0n) is 9.69. The van der Waals surface area contributed by atoms with Crippen molar-refractivity contribution in [2.24, 2.45) is 0 Å². The van der Waals surface area contributed by atoms with Crippen LogP contribution in [0.15, 0.2) is 30.3 Å². The van der Waals surface area contributed by atoms with Gasteiger partial charge >= 0.3 is 0 Å². The van der Waals surface area contributed by atoms with Crippen molar-refractivity contribution < 1.29 is 14.2 Å². The molecule has 0 bridgehead atoms. The van der Waals surface area contributed by atoms with Crippen LogP contribution < -0.4 is 4.74 Å². The van der Waals surface area contributed by atoms with E-state index in [2.05, 4.69) is 0 Å². The van der Waals surface area contributed by atoms with Crippen molar-refractivity contribution >= 4 is 22.9 Å². The summed E-state index contributed by atoms with van der Waals surface area (Å²) in [5, 5.41) is 9.31. The van der Waals surface area contributed by atoms with E-state index < -0.39 is 11.9 Å². The predicted molar refractivity (Wildman–Crippen MR) is 70.7 cm³/mol. The number of hydrogen-bond acceptors (Lipinski definition) is 3. The van der Waals surface area contributed by atoms with Crippen molar-refractivity contribution in [3.8, 4) is 5.75 Å². The monoisotopic (exact) mass is 286 g/mol. The van der Waals surface area contributed by atoms with Crippen molar-refractivity contribution in [3.05, 3.63) is 50.9 Å². The maximum absolute atomic E-state index is 13.6. The molecule has 0 aliphatic heterocycles. The standard InChI is InChI=1S/C13H12ClFO2S/c1-8(16)11-4-2-9(6-12(11)15)17-7-10-3-5-13(14)18-10/h2-6,8,16H,7H2,1H3/t8-/m1/s1. The topological polar surface area (TPSA) is 29.5 Å². The highest BCUT2D eigenvalue weighted by Crippen LogP contribution is 2.25. The average Bonchev–Trinajstić information content (AvgIpc) is 2.72. The summed E-state index contributed by atoms with van der Waals surface area (Å²) in [5.41, 5.74) is 0.265. The van der Waals surface area contributed by atoms with E-state index in [9.17, 15) is 9.50 Å².